The molecule has 1 fully saturated rings. The lowest BCUT2D eigenvalue weighted by Gasteiger charge is -2.17. The summed E-state index contributed by atoms with van der Waals surface area (Å²) in [5.74, 6) is -0.0537. The average Bonchev–Trinajstić information content (AvgIpc) is 3.02. The maximum absolute atomic E-state index is 12.3. The summed E-state index contributed by atoms with van der Waals surface area (Å²) in [7, 11) is 0. The molecule has 0 atom stereocenters. The monoisotopic (exact) mass is 315 g/mol. The van der Waals surface area contributed by atoms with E-state index < -0.39 is 0 Å². The minimum Gasteiger partial charge on any atom is -1.00 e. The lowest BCUT2D eigenvalue weighted by Crippen LogP contribution is -3.00. The van der Waals surface area contributed by atoms with Crippen LogP contribution in [0.1, 0.15) is 28.8 Å². The quantitative estimate of drug-likeness (QED) is 0.911. The van der Waals surface area contributed by atoms with Crippen LogP contribution in [0.5, 0.6) is 0 Å². The van der Waals surface area contributed by atoms with Crippen LogP contribution < -0.4 is 22.6 Å². The Balaban J connectivity index is 0.00000176. The van der Waals surface area contributed by atoms with E-state index in [0.29, 0.717) is 0 Å². The molecule has 116 valence electrons. The van der Waals surface area contributed by atoms with Crippen LogP contribution in [0.25, 0.3) is 0 Å². The summed E-state index contributed by atoms with van der Waals surface area (Å²) in [5, 5.41) is 2.96. The number of anilines is 2. The van der Waals surface area contributed by atoms with Crippen LogP contribution in [-0.4, -0.2) is 19.0 Å². The molecular weight excluding hydrogens is 296 g/mol. The molecule has 0 bridgehead atoms. The zero-order chi connectivity index (χ0) is 14.7. The van der Waals surface area contributed by atoms with Crippen molar-refractivity contribution < 1.29 is 17.2 Å². The summed E-state index contributed by atoms with van der Waals surface area (Å²) in [4.78, 5) is 14.6. The Labute approximate surface area is 137 Å². The number of carbonyl (C=O) groups is 1. The first-order valence-electron chi connectivity index (χ1n) is 7.46. The van der Waals surface area contributed by atoms with Crippen molar-refractivity contribution in [3.05, 3.63) is 59.7 Å². The first-order valence-corrected chi connectivity index (χ1v) is 7.46. The standard InChI is InChI=1S/C18H20N2O.ClH/c1-14-6-2-3-7-17(14)18(21)19-15-8-10-16(11-9-15)20-12-4-5-13-20;/h2-3,6-11H,4-5,12-13H2,1H3,(H,19,21);1H/p-1. The highest BCUT2D eigenvalue weighted by Gasteiger charge is 2.12. The predicted octanol–water partition coefficient (Wildman–Crippen LogP) is 0.852. The van der Waals surface area contributed by atoms with Gasteiger partial charge in [-0.05, 0) is 55.7 Å². The molecule has 1 aliphatic rings. The van der Waals surface area contributed by atoms with Gasteiger partial charge in [0.25, 0.3) is 5.91 Å². The molecule has 1 heterocycles. The average molecular weight is 316 g/mol. The fourth-order valence-electron chi connectivity index (χ4n) is 2.76. The highest BCUT2D eigenvalue weighted by atomic mass is 35.5. The summed E-state index contributed by atoms with van der Waals surface area (Å²) in [6.45, 7) is 4.22. The largest absolute Gasteiger partial charge is 1.00 e. The molecule has 2 aromatic rings. The number of amides is 1. The SMILES string of the molecule is Cc1ccccc1C(=O)Nc1ccc(N2CCCC2)cc1.[Cl-]. The number of aryl methyl sites for hydroxylation is 1. The van der Waals surface area contributed by atoms with Gasteiger partial charge >= 0.3 is 0 Å². The van der Waals surface area contributed by atoms with E-state index in [1.165, 1.54) is 18.5 Å². The van der Waals surface area contributed by atoms with E-state index in [2.05, 4.69) is 22.3 Å². The van der Waals surface area contributed by atoms with Gasteiger partial charge in [0.05, 0.1) is 0 Å². The number of hydrogen-bond acceptors (Lipinski definition) is 2. The Morgan fingerprint density at radius 3 is 2.27 bits per heavy atom. The molecule has 4 heteroatoms. The third kappa shape index (κ3) is 3.60. The summed E-state index contributed by atoms with van der Waals surface area (Å²) >= 11 is 0. The lowest BCUT2D eigenvalue weighted by molar-refractivity contribution is -0.0000120. The number of hydrogen-bond donors (Lipinski definition) is 1. The normalized spacial score (nSPS) is 13.6. The van der Waals surface area contributed by atoms with Crippen molar-refractivity contribution in [3.63, 3.8) is 0 Å². The highest BCUT2D eigenvalue weighted by Crippen LogP contribution is 2.22. The Morgan fingerprint density at radius 2 is 1.64 bits per heavy atom. The van der Waals surface area contributed by atoms with Crippen molar-refractivity contribution in [2.24, 2.45) is 0 Å². The maximum Gasteiger partial charge on any atom is 0.255 e. The molecule has 1 saturated heterocycles. The first-order chi connectivity index (χ1) is 10.2. The highest BCUT2D eigenvalue weighted by molar-refractivity contribution is 6.05. The molecule has 1 N–H and O–H groups in total. The second-order valence-electron chi connectivity index (χ2n) is 5.51. The van der Waals surface area contributed by atoms with Gasteiger partial charge in [-0.25, -0.2) is 0 Å². The van der Waals surface area contributed by atoms with Crippen molar-refractivity contribution in [1.29, 1.82) is 0 Å². The van der Waals surface area contributed by atoms with Crippen LogP contribution >= 0.6 is 0 Å². The maximum atomic E-state index is 12.3. The third-order valence-electron chi connectivity index (χ3n) is 3.99. The van der Waals surface area contributed by atoms with Crippen LogP contribution in [0.4, 0.5) is 11.4 Å². The van der Waals surface area contributed by atoms with E-state index in [0.717, 1.165) is 29.9 Å². The number of rotatable bonds is 3. The van der Waals surface area contributed by atoms with E-state index in [1.807, 2.05) is 43.3 Å². The molecule has 2 aromatic carbocycles. The van der Waals surface area contributed by atoms with Crippen molar-refractivity contribution in [3.8, 4) is 0 Å². The number of benzene rings is 2. The second kappa shape index (κ2) is 7.32. The molecular formula is C18H20ClN2O-. The minimum atomic E-state index is -0.0537. The van der Waals surface area contributed by atoms with Gasteiger partial charge < -0.3 is 22.6 Å². The van der Waals surface area contributed by atoms with Crippen molar-refractivity contribution in [2.75, 3.05) is 23.3 Å². The van der Waals surface area contributed by atoms with Gasteiger partial charge in [-0.15, -0.1) is 0 Å². The summed E-state index contributed by atoms with van der Waals surface area (Å²) in [6.07, 6.45) is 2.54. The van der Waals surface area contributed by atoms with Gasteiger partial charge in [-0.2, -0.15) is 0 Å². The van der Waals surface area contributed by atoms with Crippen LogP contribution in [0.15, 0.2) is 48.5 Å². The number of halogens is 1. The molecule has 0 unspecified atom stereocenters. The summed E-state index contributed by atoms with van der Waals surface area (Å²) < 4.78 is 0. The second-order valence-corrected chi connectivity index (χ2v) is 5.51. The molecule has 0 aromatic heterocycles. The van der Waals surface area contributed by atoms with Gasteiger partial charge in [0.1, 0.15) is 0 Å². The van der Waals surface area contributed by atoms with E-state index in [9.17, 15) is 4.79 Å². The summed E-state index contributed by atoms with van der Waals surface area (Å²) in [5.41, 5.74) is 3.79. The molecule has 3 rings (SSSR count). The number of nitrogens with one attached hydrogen (secondary N) is 1. The van der Waals surface area contributed by atoms with Crippen LogP contribution in [0.3, 0.4) is 0 Å². The molecule has 1 amide bonds. The molecule has 0 radical (unpaired) electrons. The Kier molecular flexibility index (Phi) is 5.45. The van der Waals surface area contributed by atoms with Crippen molar-refractivity contribution >= 4 is 17.3 Å². The summed E-state index contributed by atoms with van der Waals surface area (Å²) in [6, 6.07) is 15.7. The fraction of sp³-hybridized carbons (Fsp3) is 0.278. The van der Waals surface area contributed by atoms with Crippen LogP contribution in [-0.2, 0) is 0 Å². The minimum absolute atomic E-state index is 0. The topological polar surface area (TPSA) is 32.3 Å². The molecule has 3 nitrogen and oxygen atoms in total. The molecule has 22 heavy (non-hydrogen) atoms. The van der Waals surface area contributed by atoms with Gasteiger partial charge in [0, 0.05) is 30.0 Å². The molecule has 0 aliphatic carbocycles. The lowest BCUT2D eigenvalue weighted by atomic mass is 10.1. The Morgan fingerprint density at radius 1 is 1.00 bits per heavy atom. The first kappa shape index (κ1) is 16.4. The number of nitrogens with zero attached hydrogens (tertiary/aromatic N) is 1. The van der Waals surface area contributed by atoms with E-state index in [1.54, 1.807) is 0 Å². The zero-order valence-corrected chi connectivity index (χ0v) is 13.4. The number of carbonyl (C=O) groups excluding carboxylic acids is 1. The predicted molar refractivity (Wildman–Crippen MR) is 87.0 cm³/mol. The Hall–Kier alpha value is -2.00. The molecule has 1 aliphatic heterocycles. The van der Waals surface area contributed by atoms with E-state index >= 15 is 0 Å². The third-order valence-corrected chi connectivity index (χ3v) is 3.99. The fourth-order valence-corrected chi connectivity index (χ4v) is 2.76. The van der Waals surface area contributed by atoms with Crippen LogP contribution in [0, 0.1) is 6.92 Å². The smallest absolute Gasteiger partial charge is 0.255 e. The van der Waals surface area contributed by atoms with Crippen molar-refractivity contribution in [1.82, 2.24) is 0 Å². The van der Waals surface area contributed by atoms with Gasteiger partial charge in [0.15, 0.2) is 0 Å². The van der Waals surface area contributed by atoms with Gasteiger partial charge in [-0.1, -0.05) is 18.2 Å². The van der Waals surface area contributed by atoms with Gasteiger partial charge in [0.2, 0.25) is 0 Å². The van der Waals surface area contributed by atoms with E-state index in [-0.39, 0.29) is 18.3 Å². The van der Waals surface area contributed by atoms with Gasteiger partial charge in [-0.3, -0.25) is 4.79 Å². The van der Waals surface area contributed by atoms with Crippen LogP contribution in [0.2, 0.25) is 0 Å². The molecule has 0 spiro atoms. The zero-order valence-electron chi connectivity index (χ0n) is 12.7. The Bertz CT molecular complexity index is 634. The molecule has 0 saturated carbocycles. The van der Waals surface area contributed by atoms with E-state index in [4.69, 9.17) is 0 Å². The van der Waals surface area contributed by atoms with Crippen molar-refractivity contribution in [2.45, 2.75) is 19.8 Å².